The topological polar surface area (TPSA) is 30.5 Å². The Morgan fingerprint density at radius 3 is 2.76 bits per heavy atom. The van der Waals surface area contributed by atoms with E-state index in [-0.39, 0.29) is 0 Å². The Bertz CT molecular complexity index is 179. The van der Waals surface area contributed by atoms with Gasteiger partial charge in [0.1, 0.15) is 0 Å². The van der Waals surface area contributed by atoms with Gasteiger partial charge >= 0.3 is 0 Å². The average Bonchev–Trinajstić information content (AvgIpc) is 2.34. The van der Waals surface area contributed by atoms with E-state index in [1.165, 1.54) is 19.3 Å². The Balaban J connectivity index is 2.12. The van der Waals surface area contributed by atoms with Crippen molar-refractivity contribution in [1.29, 1.82) is 0 Å². The molecule has 0 saturated carbocycles. The van der Waals surface area contributed by atoms with Crippen molar-refractivity contribution in [1.82, 2.24) is 5.32 Å². The number of nitrogens with one attached hydrogen (secondary N) is 1. The molecule has 3 nitrogen and oxygen atoms in total. The number of ether oxygens (including phenoxy) is 2. The van der Waals surface area contributed by atoms with E-state index in [0.29, 0.717) is 18.1 Å². The lowest BCUT2D eigenvalue weighted by Gasteiger charge is -2.25. The summed E-state index contributed by atoms with van der Waals surface area (Å²) >= 11 is 0. The second-order valence-corrected chi connectivity index (χ2v) is 5.33. The van der Waals surface area contributed by atoms with Gasteiger partial charge in [-0.25, -0.2) is 0 Å². The van der Waals surface area contributed by atoms with Gasteiger partial charge in [-0.15, -0.1) is 0 Å². The van der Waals surface area contributed by atoms with Crippen LogP contribution in [0.5, 0.6) is 0 Å². The third kappa shape index (κ3) is 6.39. The van der Waals surface area contributed by atoms with E-state index < -0.39 is 0 Å². The molecule has 0 aliphatic carbocycles. The summed E-state index contributed by atoms with van der Waals surface area (Å²) in [5.74, 6) is 0.619. The molecule has 1 aliphatic rings. The molecule has 0 radical (unpaired) electrons. The molecule has 1 saturated heterocycles. The van der Waals surface area contributed by atoms with Gasteiger partial charge in [0.25, 0.3) is 0 Å². The highest BCUT2D eigenvalue weighted by Gasteiger charge is 2.16. The lowest BCUT2D eigenvalue weighted by molar-refractivity contribution is -0.0459. The van der Waals surface area contributed by atoms with Crippen LogP contribution in [-0.4, -0.2) is 38.5 Å². The zero-order valence-electron chi connectivity index (χ0n) is 11.7. The molecule has 0 amide bonds. The monoisotopic (exact) mass is 243 g/mol. The molecule has 1 N–H and O–H groups in total. The Morgan fingerprint density at radius 1 is 1.35 bits per heavy atom. The number of rotatable bonds is 8. The first kappa shape index (κ1) is 14.9. The van der Waals surface area contributed by atoms with Crippen LogP contribution in [0.3, 0.4) is 0 Å². The van der Waals surface area contributed by atoms with Crippen molar-refractivity contribution in [2.45, 2.75) is 58.6 Å². The summed E-state index contributed by atoms with van der Waals surface area (Å²) in [7, 11) is 0. The second-order valence-electron chi connectivity index (χ2n) is 5.33. The minimum atomic E-state index is 0.336. The quantitative estimate of drug-likeness (QED) is 0.711. The van der Waals surface area contributed by atoms with Crippen LogP contribution in [0.15, 0.2) is 0 Å². The first-order valence-electron chi connectivity index (χ1n) is 7.16. The van der Waals surface area contributed by atoms with Crippen molar-refractivity contribution in [2.75, 3.05) is 26.4 Å². The van der Waals surface area contributed by atoms with Crippen LogP contribution in [0, 0.1) is 5.92 Å². The Hall–Kier alpha value is -0.120. The van der Waals surface area contributed by atoms with Crippen LogP contribution in [0.2, 0.25) is 0 Å². The van der Waals surface area contributed by atoms with Crippen molar-refractivity contribution in [3.63, 3.8) is 0 Å². The van der Waals surface area contributed by atoms with Gasteiger partial charge in [0, 0.05) is 12.6 Å². The van der Waals surface area contributed by atoms with Crippen molar-refractivity contribution >= 4 is 0 Å². The van der Waals surface area contributed by atoms with E-state index in [9.17, 15) is 0 Å². The van der Waals surface area contributed by atoms with E-state index in [0.717, 1.165) is 32.8 Å². The molecule has 102 valence electrons. The van der Waals surface area contributed by atoms with Gasteiger partial charge in [-0.05, 0) is 38.1 Å². The highest BCUT2D eigenvalue weighted by molar-refractivity contribution is 4.70. The van der Waals surface area contributed by atoms with Crippen molar-refractivity contribution in [3.8, 4) is 0 Å². The van der Waals surface area contributed by atoms with Crippen LogP contribution in [0.4, 0.5) is 0 Å². The zero-order valence-corrected chi connectivity index (χ0v) is 11.7. The molecule has 1 rings (SSSR count). The van der Waals surface area contributed by atoms with Crippen LogP contribution in [0.25, 0.3) is 0 Å². The molecule has 2 unspecified atom stereocenters. The van der Waals surface area contributed by atoms with E-state index in [2.05, 4.69) is 26.1 Å². The van der Waals surface area contributed by atoms with Gasteiger partial charge in [0.15, 0.2) is 0 Å². The van der Waals surface area contributed by atoms with Gasteiger partial charge < -0.3 is 14.8 Å². The maximum Gasteiger partial charge on any atom is 0.0808 e. The first-order valence-corrected chi connectivity index (χ1v) is 7.16. The summed E-state index contributed by atoms with van der Waals surface area (Å²) in [4.78, 5) is 0. The predicted molar refractivity (Wildman–Crippen MR) is 71.3 cm³/mol. The molecule has 0 bridgehead atoms. The van der Waals surface area contributed by atoms with Gasteiger partial charge in [-0.3, -0.25) is 0 Å². The largest absolute Gasteiger partial charge is 0.377 e. The minimum Gasteiger partial charge on any atom is -0.377 e. The lowest BCUT2D eigenvalue weighted by Crippen LogP contribution is -2.39. The van der Waals surface area contributed by atoms with Crippen LogP contribution < -0.4 is 5.32 Å². The minimum absolute atomic E-state index is 0.336. The Morgan fingerprint density at radius 2 is 2.18 bits per heavy atom. The maximum atomic E-state index is 5.81. The van der Waals surface area contributed by atoms with Gasteiger partial charge in [-0.2, -0.15) is 0 Å². The first-order chi connectivity index (χ1) is 8.24. The fraction of sp³-hybridized carbons (Fsp3) is 1.00. The van der Waals surface area contributed by atoms with E-state index >= 15 is 0 Å². The van der Waals surface area contributed by atoms with Crippen LogP contribution in [0.1, 0.15) is 46.5 Å². The fourth-order valence-electron chi connectivity index (χ4n) is 2.08. The second kappa shape index (κ2) is 8.90. The third-order valence-corrected chi connectivity index (χ3v) is 3.34. The Kier molecular flexibility index (Phi) is 7.82. The number of hydrogen-bond donors (Lipinski definition) is 1. The fourth-order valence-corrected chi connectivity index (χ4v) is 2.08. The summed E-state index contributed by atoms with van der Waals surface area (Å²) < 4.78 is 11.5. The Labute approximate surface area is 106 Å². The molecule has 1 fully saturated rings. The van der Waals surface area contributed by atoms with Gasteiger partial charge in [0.2, 0.25) is 0 Å². The molecular formula is C14H29NO2. The number of hydrogen-bond acceptors (Lipinski definition) is 3. The smallest absolute Gasteiger partial charge is 0.0808 e. The van der Waals surface area contributed by atoms with Crippen molar-refractivity contribution < 1.29 is 9.47 Å². The molecule has 17 heavy (non-hydrogen) atoms. The summed E-state index contributed by atoms with van der Waals surface area (Å²) in [6.45, 7) is 10.2. The average molecular weight is 243 g/mol. The predicted octanol–water partition coefficient (Wildman–Crippen LogP) is 2.60. The molecule has 1 heterocycles. The summed E-state index contributed by atoms with van der Waals surface area (Å²) in [5.41, 5.74) is 0. The highest BCUT2D eigenvalue weighted by atomic mass is 16.5. The molecule has 0 aromatic carbocycles. The van der Waals surface area contributed by atoms with Crippen LogP contribution >= 0.6 is 0 Å². The molecule has 0 aromatic rings. The van der Waals surface area contributed by atoms with Crippen molar-refractivity contribution in [3.05, 3.63) is 0 Å². The SMILES string of the molecule is CCCNC(COCC1CCCCO1)C(C)C. The molecule has 0 spiro atoms. The standard InChI is InChI=1S/C14H29NO2/c1-4-8-15-14(12(2)3)11-16-10-13-7-5-6-9-17-13/h12-15H,4-11H2,1-3H3. The molecular weight excluding hydrogens is 214 g/mol. The van der Waals surface area contributed by atoms with E-state index in [4.69, 9.17) is 9.47 Å². The lowest BCUT2D eigenvalue weighted by atomic mass is 10.1. The van der Waals surface area contributed by atoms with Gasteiger partial charge in [-0.1, -0.05) is 20.8 Å². The maximum absolute atomic E-state index is 5.81. The third-order valence-electron chi connectivity index (χ3n) is 3.34. The molecule has 2 atom stereocenters. The summed E-state index contributed by atoms with van der Waals surface area (Å²) in [6, 6.07) is 0.471. The van der Waals surface area contributed by atoms with Gasteiger partial charge in [0.05, 0.1) is 19.3 Å². The normalized spacial score (nSPS) is 22.9. The van der Waals surface area contributed by atoms with Crippen molar-refractivity contribution in [2.24, 2.45) is 5.92 Å². The molecule has 3 heteroatoms. The van der Waals surface area contributed by atoms with Crippen LogP contribution in [-0.2, 0) is 9.47 Å². The van der Waals surface area contributed by atoms with E-state index in [1.54, 1.807) is 0 Å². The van der Waals surface area contributed by atoms with E-state index in [1.807, 2.05) is 0 Å². The highest BCUT2D eigenvalue weighted by Crippen LogP contribution is 2.13. The summed E-state index contributed by atoms with van der Waals surface area (Å²) in [5, 5.41) is 3.54. The zero-order chi connectivity index (χ0) is 12.5. The molecule has 0 aromatic heterocycles. The summed E-state index contributed by atoms with van der Waals surface area (Å²) in [6.07, 6.45) is 5.17. The molecule has 1 aliphatic heterocycles.